The predicted molar refractivity (Wildman–Crippen MR) is 200 cm³/mol. The molecule has 4 rings (SSSR count). The molecule has 0 spiro atoms. The lowest BCUT2D eigenvalue weighted by molar-refractivity contribution is -0.362. The summed E-state index contributed by atoms with van der Waals surface area (Å²) >= 11 is 12.8. The molecule has 1 heterocycles. The van der Waals surface area contributed by atoms with Crippen LogP contribution in [0, 0.1) is 0 Å². The predicted octanol–water partition coefficient (Wildman–Crippen LogP) is 9.49. The normalized spacial score (nSPS) is 12.4. The first-order valence-electron chi connectivity index (χ1n) is 17.7. The first kappa shape index (κ1) is 39.8. The summed E-state index contributed by atoms with van der Waals surface area (Å²) < 4.78 is 6.60. The molecular formula is C38H47Cl2N5O6. The van der Waals surface area contributed by atoms with Crippen molar-refractivity contribution >= 4 is 63.4 Å². The van der Waals surface area contributed by atoms with Crippen molar-refractivity contribution in [1.29, 1.82) is 0 Å². The van der Waals surface area contributed by atoms with Gasteiger partial charge in [0.15, 0.2) is 0 Å². The Hall–Kier alpha value is -4.03. The van der Waals surface area contributed by atoms with E-state index in [9.17, 15) is 14.4 Å². The Morgan fingerprint density at radius 3 is 2.06 bits per heavy atom. The molecule has 274 valence electrons. The van der Waals surface area contributed by atoms with E-state index in [0.29, 0.717) is 34.8 Å². The monoisotopic (exact) mass is 739 g/mol. The van der Waals surface area contributed by atoms with Crippen molar-refractivity contribution in [3.8, 4) is 0 Å². The third-order valence-corrected chi connectivity index (χ3v) is 8.99. The molecule has 0 saturated carbocycles. The number of unbranched alkanes of at least 4 members (excludes halogenated alkanes) is 9. The molecule has 3 aromatic carbocycles. The number of nitrogens with zero attached hydrogens (tertiary/aromatic N) is 3. The Balaban J connectivity index is 1.35. The molecule has 0 aliphatic heterocycles. The van der Waals surface area contributed by atoms with Gasteiger partial charge in [0.05, 0.1) is 39.1 Å². The van der Waals surface area contributed by atoms with Crippen LogP contribution < -0.4 is 10.6 Å². The minimum absolute atomic E-state index is 0.0788. The van der Waals surface area contributed by atoms with E-state index < -0.39 is 30.1 Å². The number of amides is 2. The zero-order valence-corrected chi connectivity index (χ0v) is 31.0. The number of benzene rings is 3. The highest BCUT2D eigenvalue weighted by molar-refractivity contribution is 6.34. The molecule has 2 unspecified atom stereocenters. The lowest BCUT2D eigenvalue weighted by atomic mass is 10.1. The average molecular weight is 741 g/mol. The van der Waals surface area contributed by atoms with Gasteiger partial charge in [-0.15, -0.1) is 5.10 Å². The van der Waals surface area contributed by atoms with Gasteiger partial charge in [-0.3, -0.25) is 9.59 Å². The molecule has 0 radical (unpaired) electrons. The number of halogens is 2. The summed E-state index contributed by atoms with van der Waals surface area (Å²) in [6.07, 6.45) is 11.8. The Morgan fingerprint density at radius 1 is 0.784 bits per heavy atom. The van der Waals surface area contributed by atoms with E-state index in [1.807, 2.05) is 13.0 Å². The number of anilines is 2. The van der Waals surface area contributed by atoms with Gasteiger partial charge in [0.25, 0.3) is 11.8 Å². The summed E-state index contributed by atoms with van der Waals surface area (Å²) in [5.41, 5.74) is 2.40. The molecule has 0 saturated heterocycles. The van der Waals surface area contributed by atoms with Crippen LogP contribution >= 0.6 is 23.2 Å². The largest absolute Gasteiger partial charge is 0.430 e. The lowest BCUT2D eigenvalue weighted by Crippen LogP contribution is -2.37. The SMILES string of the molecule is CCCCCCCCCCCCOOC(C)OC(=O)c1ccc(Cl)c(NC(=O)C(C(=O)Nc2cc(CC)ccc2Cl)n2nnc3ccccc32)c1. The van der Waals surface area contributed by atoms with Gasteiger partial charge in [0, 0.05) is 6.92 Å². The number of fused-ring (bicyclic) bond motifs is 1. The van der Waals surface area contributed by atoms with Crippen LogP contribution in [0.3, 0.4) is 0 Å². The molecule has 0 aliphatic carbocycles. The number of esters is 1. The van der Waals surface area contributed by atoms with Crippen molar-refractivity contribution in [2.45, 2.75) is 104 Å². The zero-order valence-electron chi connectivity index (χ0n) is 29.5. The van der Waals surface area contributed by atoms with Gasteiger partial charge in [-0.25, -0.2) is 14.4 Å². The fourth-order valence-corrected chi connectivity index (χ4v) is 5.82. The fourth-order valence-electron chi connectivity index (χ4n) is 5.49. The summed E-state index contributed by atoms with van der Waals surface area (Å²) in [6.45, 7) is 6.14. The number of hydrogen-bond donors (Lipinski definition) is 2. The second kappa shape index (κ2) is 20.7. The van der Waals surface area contributed by atoms with Crippen molar-refractivity contribution in [2.75, 3.05) is 17.2 Å². The van der Waals surface area contributed by atoms with Gasteiger partial charge in [-0.05, 0) is 60.9 Å². The molecule has 0 fully saturated rings. The fraction of sp³-hybridized carbons (Fsp3) is 0.447. The summed E-state index contributed by atoms with van der Waals surface area (Å²) in [7, 11) is 0. The highest BCUT2D eigenvalue weighted by atomic mass is 35.5. The van der Waals surface area contributed by atoms with Crippen molar-refractivity contribution in [3.05, 3.63) is 81.8 Å². The number of para-hydroxylation sites is 1. The highest BCUT2D eigenvalue weighted by Crippen LogP contribution is 2.28. The van der Waals surface area contributed by atoms with Crippen molar-refractivity contribution < 1.29 is 28.9 Å². The molecule has 4 aromatic rings. The summed E-state index contributed by atoms with van der Waals surface area (Å²) in [5.74, 6) is -2.22. The van der Waals surface area contributed by atoms with E-state index in [0.717, 1.165) is 24.8 Å². The van der Waals surface area contributed by atoms with Gasteiger partial charge in [-0.2, -0.15) is 4.89 Å². The minimum atomic E-state index is -1.54. The Labute approximate surface area is 309 Å². The van der Waals surface area contributed by atoms with Gasteiger partial charge in [0.1, 0.15) is 5.52 Å². The standard InChI is InChI=1S/C38H47Cl2N5O6/c1-4-6-7-8-9-10-11-12-13-16-23-49-51-26(3)50-38(48)28-20-22-30(40)33(25-28)42-37(47)35(45-34-18-15-14-17-31(34)43-44-45)36(46)41-32-24-27(5-2)19-21-29(32)39/h14-15,17-22,24-26,35H,4-13,16,23H2,1-3H3,(H,41,46)(H,42,47). The number of aryl methyl sites for hydroxylation is 1. The van der Waals surface area contributed by atoms with Crippen LogP contribution in [0.4, 0.5) is 11.4 Å². The molecule has 11 nitrogen and oxygen atoms in total. The smallest absolute Gasteiger partial charge is 0.340 e. The molecular weight excluding hydrogens is 693 g/mol. The molecule has 0 aliphatic rings. The van der Waals surface area contributed by atoms with Crippen molar-refractivity contribution in [1.82, 2.24) is 15.0 Å². The molecule has 2 amide bonds. The van der Waals surface area contributed by atoms with Crippen molar-refractivity contribution in [2.24, 2.45) is 0 Å². The number of nitrogens with one attached hydrogen (secondary N) is 2. The molecule has 1 aromatic heterocycles. The maximum absolute atomic E-state index is 13.9. The molecule has 2 atom stereocenters. The molecule has 2 N–H and O–H groups in total. The van der Waals surface area contributed by atoms with Gasteiger partial charge in [-0.1, -0.05) is 118 Å². The second-order valence-corrected chi connectivity index (χ2v) is 13.2. The van der Waals surface area contributed by atoms with Crippen LogP contribution in [0.5, 0.6) is 0 Å². The first-order chi connectivity index (χ1) is 24.7. The van der Waals surface area contributed by atoms with E-state index in [1.54, 1.807) is 43.3 Å². The highest BCUT2D eigenvalue weighted by Gasteiger charge is 2.32. The summed E-state index contributed by atoms with van der Waals surface area (Å²) in [5, 5.41) is 14.1. The third kappa shape index (κ3) is 12.0. The molecule has 13 heteroatoms. The van der Waals surface area contributed by atoms with Crippen LogP contribution in [-0.2, 0) is 30.5 Å². The topological polar surface area (TPSA) is 134 Å². The summed E-state index contributed by atoms with van der Waals surface area (Å²) in [4.78, 5) is 51.2. The van der Waals surface area contributed by atoms with E-state index in [4.69, 9.17) is 37.7 Å². The minimum Gasteiger partial charge on any atom is -0.430 e. The number of ether oxygens (including phenoxy) is 1. The van der Waals surface area contributed by atoms with Crippen LogP contribution in [0.2, 0.25) is 10.0 Å². The van der Waals surface area contributed by atoms with Gasteiger partial charge < -0.3 is 15.4 Å². The lowest BCUT2D eigenvalue weighted by Gasteiger charge is -2.19. The van der Waals surface area contributed by atoms with Crippen LogP contribution in [0.25, 0.3) is 11.0 Å². The van der Waals surface area contributed by atoms with Crippen LogP contribution in [0.15, 0.2) is 60.7 Å². The number of carbonyl (C=O) groups is 3. The number of hydrogen-bond acceptors (Lipinski definition) is 8. The molecule has 0 bridgehead atoms. The summed E-state index contributed by atoms with van der Waals surface area (Å²) in [6, 6.07) is 14.9. The number of aromatic nitrogens is 3. The van der Waals surface area contributed by atoms with Gasteiger partial charge in [0.2, 0.25) is 12.3 Å². The van der Waals surface area contributed by atoms with Crippen LogP contribution in [0.1, 0.15) is 107 Å². The zero-order chi connectivity index (χ0) is 36.6. The Bertz CT molecular complexity index is 1750. The van der Waals surface area contributed by atoms with Crippen molar-refractivity contribution in [3.63, 3.8) is 0 Å². The molecule has 51 heavy (non-hydrogen) atoms. The second-order valence-electron chi connectivity index (χ2n) is 12.3. The van der Waals surface area contributed by atoms with E-state index >= 15 is 0 Å². The first-order valence-corrected chi connectivity index (χ1v) is 18.5. The maximum Gasteiger partial charge on any atom is 0.340 e. The Kier molecular flexibility index (Phi) is 16.2. The quantitative estimate of drug-likeness (QED) is 0.0216. The van der Waals surface area contributed by atoms with E-state index in [1.165, 1.54) is 67.8 Å². The van der Waals surface area contributed by atoms with E-state index in [-0.39, 0.29) is 16.3 Å². The third-order valence-electron chi connectivity index (χ3n) is 8.33. The maximum atomic E-state index is 13.9. The Morgan fingerprint density at radius 2 is 1.39 bits per heavy atom. The van der Waals surface area contributed by atoms with E-state index in [2.05, 4.69) is 27.9 Å². The average Bonchev–Trinajstić information content (AvgIpc) is 3.54. The van der Waals surface area contributed by atoms with Crippen LogP contribution in [-0.4, -0.2) is 45.7 Å². The van der Waals surface area contributed by atoms with Gasteiger partial charge >= 0.3 is 5.97 Å². The number of carbonyl (C=O) groups excluding carboxylic acids is 3. The number of rotatable bonds is 21.